The van der Waals surface area contributed by atoms with Crippen LogP contribution in [0.2, 0.25) is 0 Å². The molecule has 1 aromatic rings. The lowest BCUT2D eigenvalue weighted by Gasteiger charge is -2.15. The van der Waals surface area contributed by atoms with E-state index in [4.69, 9.17) is 5.11 Å². The van der Waals surface area contributed by atoms with E-state index in [-0.39, 0.29) is 0 Å². The third kappa shape index (κ3) is 3.79. The molecule has 0 saturated heterocycles. The van der Waals surface area contributed by atoms with Crippen LogP contribution in [-0.4, -0.2) is 30.1 Å². The predicted octanol–water partition coefficient (Wildman–Crippen LogP) is 0.901. The van der Waals surface area contributed by atoms with Gasteiger partial charge in [0.25, 0.3) is 0 Å². The quantitative estimate of drug-likeness (QED) is 0.690. The summed E-state index contributed by atoms with van der Waals surface area (Å²) in [5, 5.41) is 14.0. The van der Waals surface area contributed by atoms with Gasteiger partial charge in [-0.2, -0.15) is 0 Å². The number of carbonyl (C=O) groups is 2. The van der Waals surface area contributed by atoms with Crippen molar-refractivity contribution in [2.45, 2.75) is 33.4 Å². The average Bonchev–Trinajstić information content (AvgIpc) is 2.27. The maximum Gasteiger partial charge on any atom is 0.330 e. The van der Waals surface area contributed by atoms with Crippen LogP contribution in [0.5, 0.6) is 0 Å². The summed E-state index contributed by atoms with van der Waals surface area (Å²) in [5.74, 6) is -1.72. The van der Waals surface area contributed by atoms with Crippen molar-refractivity contribution in [3.8, 4) is 0 Å². The molecule has 19 heavy (non-hydrogen) atoms. The molecule has 0 aliphatic rings. The minimum absolute atomic E-state index is 0.336. The first kappa shape index (κ1) is 15.2. The molecule has 5 nitrogen and oxygen atoms in total. The van der Waals surface area contributed by atoms with E-state index in [1.165, 1.54) is 12.6 Å². The Balaban J connectivity index is 2.77. The van der Waals surface area contributed by atoms with Gasteiger partial charge in [0.15, 0.2) is 6.04 Å². The van der Waals surface area contributed by atoms with Gasteiger partial charge in [-0.3, -0.25) is 10.1 Å². The maximum atomic E-state index is 11.7. The monoisotopic (exact) mass is 264 g/mol. The summed E-state index contributed by atoms with van der Waals surface area (Å²) in [4.78, 5) is 22.6. The van der Waals surface area contributed by atoms with E-state index in [1.54, 1.807) is 0 Å². The lowest BCUT2D eigenvalue weighted by atomic mass is 10.00. The standard InChI is InChI=1S/C14H20N2O3/c1-8-5-9(2)11(10(3)6-8)7-16-13(17)12(15-4)14(18)19/h5-6,12,15H,7H2,1-4H3,(H,16,17)(H,18,19). The summed E-state index contributed by atoms with van der Waals surface area (Å²) in [5.41, 5.74) is 4.38. The van der Waals surface area contributed by atoms with Crippen molar-refractivity contribution in [3.05, 3.63) is 34.4 Å². The number of likely N-dealkylation sites (N-methyl/N-ethyl adjacent to an activating group) is 1. The Hall–Kier alpha value is -1.88. The van der Waals surface area contributed by atoms with Crippen molar-refractivity contribution < 1.29 is 14.7 Å². The zero-order valence-corrected chi connectivity index (χ0v) is 11.7. The first-order chi connectivity index (χ1) is 8.86. The SMILES string of the molecule is CNC(C(=O)O)C(=O)NCc1c(C)cc(C)cc1C. The smallest absolute Gasteiger partial charge is 0.330 e. The molecule has 0 saturated carbocycles. The predicted molar refractivity (Wildman–Crippen MR) is 73.0 cm³/mol. The highest BCUT2D eigenvalue weighted by Gasteiger charge is 2.23. The summed E-state index contributed by atoms with van der Waals surface area (Å²) in [6.45, 7) is 6.31. The average molecular weight is 264 g/mol. The number of aliphatic carboxylic acids is 1. The second-order valence-corrected chi connectivity index (χ2v) is 4.66. The molecule has 0 aliphatic heterocycles. The highest BCUT2D eigenvalue weighted by molar-refractivity contribution is 6.01. The Kier molecular flexibility index (Phi) is 5.06. The number of nitrogens with one attached hydrogen (secondary N) is 2. The van der Waals surface area contributed by atoms with Gasteiger partial charge in [-0.1, -0.05) is 17.7 Å². The van der Waals surface area contributed by atoms with E-state index in [9.17, 15) is 9.59 Å². The largest absolute Gasteiger partial charge is 0.480 e. The summed E-state index contributed by atoms with van der Waals surface area (Å²) < 4.78 is 0. The number of carbonyl (C=O) groups excluding carboxylic acids is 1. The molecule has 1 aromatic carbocycles. The Bertz CT molecular complexity index is 474. The lowest BCUT2D eigenvalue weighted by molar-refractivity contribution is -0.143. The lowest BCUT2D eigenvalue weighted by Crippen LogP contribution is -2.47. The molecule has 1 rings (SSSR count). The van der Waals surface area contributed by atoms with Crippen LogP contribution >= 0.6 is 0 Å². The first-order valence-electron chi connectivity index (χ1n) is 6.11. The third-order valence-electron chi connectivity index (χ3n) is 3.08. The molecule has 0 fully saturated rings. The van der Waals surface area contributed by atoms with Gasteiger partial charge in [0.2, 0.25) is 5.91 Å². The number of carboxylic acids is 1. The Labute approximate surface area is 113 Å². The van der Waals surface area contributed by atoms with Gasteiger partial charge in [0, 0.05) is 6.54 Å². The zero-order chi connectivity index (χ0) is 14.6. The van der Waals surface area contributed by atoms with Crippen LogP contribution in [0.25, 0.3) is 0 Å². The number of carboxylic acid groups (broad SMARTS) is 1. The highest BCUT2D eigenvalue weighted by atomic mass is 16.4. The molecule has 0 bridgehead atoms. The van der Waals surface area contributed by atoms with Crippen LogP contribution in [0.4, 0.5) is 0 Å². The molecular weight excluding hydrogens is 244 g/mol. The topological polar surface area (TPSA) is 78.4 Å². The van der Waals surface area contributed by atoms with Crippen LogP contribution in [0, 0.1) is 20.8 Å². The van der Waals surface area contributed by atoms with Crippen LogP contribution in [0.15, 0.2) is 12.1 Å². The van der Waals surface area contributed by atoms with Crippen molar-refractivity contribution in [2.75, 3.05) is 7.05 Å². The van der Waals surface area contributed by atoms with Crippen molar-refractivity contribution in [2.24, 2.45) is 0 Å². The van der Waals surface area contributed by atoms with E-state index >= 15 is 0 Å². The number of hydrogen-bond donors (Lipinski definition) is 3. The van der Waals surface area contributed by atoms with E-state index < -0.39 is 17.9 Å². The number of amides is 1. The van der Waals surface area contributed by atoms with Gasteiger partial charge in [-0.25, -0.2) is 4.79 Å². The second-order valence-electron chi connectivity index (χ2n) is 4.66. The van der Waals surface area contributed by atoms with Crippen molar-refractivity contribution in [1.82, 2.24) is 10.6 Å². The Morgan fingerprint density at radius 2 is 1.74 bits per heavy atom. The van der Waals surface area contributed by atoms with Crippen LogP contribution in [0.1, 0.15) is 22.3 Å². The number of benzene rings is 1. The van der Waals surface area contributed by atoms with Crippen molar-refractivity contribution in [1.29, 1.82) is 0 Å². The van der Waals surface area contributed by atoms with Gasteiger partial charge in [-0.15, -0.1) is 0 Å². The molecule has 1 amide bonds. The molecule has 1 atom stereocenters. The van der Waals surface area contributed by atoms with Gasteiger partial charge in [0.05, 0.1) is 0 Å². The molecular formula is C14H20N2O3. The molecule has 0 radical (unpaired) electrons. The fourth-order valence-electron chi connectivity index (χ4n) is 2.13. The molecule has 0 spiro atoms. The fourth-order valence-corrected chi connectivity index (χ4v) is 2.13. The second kappa shape index (κ2) is 6.33. The molecule has 5 heteroatoms. The minimum Gasteiger partial charge on any atom is -0.480 e. The molecule has 104 valence electrons. The Morgan fingerprint density at radius 3 is 2.16 bits per heavy atom. The van der Waals surface area contributed by atoms with Crippen LogP contribution < -0.4 is 10.6 Å². The summed E-state index contributed by atoms with van der Waals surface area (Å²) in [7, 11) is 1.45. The van der Waals surface area contributed by atoms with Crippen LogP contribution in [0.3, 0.4) is 0 Å². The fraction of sp³-hybridized carbons (Fsp3) is 0.429. The van der Waals surface area contributed by atoms with Crippen molar-refractivity contribution in [3.63, 3.8) is 0 Å². The van der Waals surface area contributed by atoms with Gasteiger partial charge in [0.1, 0.15) is 0 Å². The number of rotatable bonds is 5. The highest BCUT2D eigenvalue weighted by Crippen LogP contribution is 2.15. The van der Waals surface area contributed by atoms with E-state index in [1.807, 2.05) is 32.9 Å². The van der Waals surface area contributed by atoms with Crippen molar-refractivity contribution >= 4 is 11.9 Å². The van der Waals surface area contributed by atoms with Gasteiger partial charge in [-0.05, 0) is 44.5 Å². The third-order valence-corrected chi connectivity index (χ3v) is 3.08. The summed E-state index contributed by atoms with van der Waals surface area (Å²) in [6.07, 6.45) is 0. The van der Waals surface area contributed by atoms with E-state index in [0.717, 1.165) is 16.7 Å². The normalized spacial score (nSPS) is 12.0. The first-order valence-corrected chi connectivity index (χ1v) is 6.11. The Morgan fingerprint density at radius 1 is 1.21 bits per heavy atom. The van der Waals surface area contributed by atoms with Gasteiger partial charge >= 0.3 is 5.97 Å². The number of hydrogen-bond acceptors (Lipinski definition) is 3. The zero-order valence-electron chi connectivity index (χ0n) is 11.7. The minimum atomic E-state index is -1.22. The summed E-state index contributed by atoms with van der Waals surface area (Å²) >= 11 is 0. The summed E-state index contributed by atoms with van der Waals surface area (Å²) in [6, 6.07) is 2.87. The van der Waals surface area contributed by atoms with E-state index in [0.29, 0.717) is 6.54 Å². The maximum absolute atomic E-state index is 11.7. The molecule has 3 N–H and O–H groups in total. The molecule has 0 heterocycles. The molecule has 0 aliphatic carbocycles. The molecule has 1 unspecified atom stereocenters. The number of aryl methyl sites for hydroxylation is 3. The van der Waals surface area contributed by atoms with Crippen LogP contribution in [-0.2, 0) is 16.1 Å². The van der Waals surface area contributed by atoms with E-state index in [2.05, 4.69) is 10.6 Å². The molecule has 0 aromatic heterocycles. The van der Waals surface area contributed by atoms with Gasteiger partial charge < -0.3 is 10.4 Å².